The lowest BCUT2D eigenvalue weighted by molar-refractivity contribution is -0.140. The lowest BCUT2D eigenvalue weighted by Crippen LogP contribution is -2.13. The van der Waals surface area contributed by atoms with Gasteiger partial charge in [0.15, 0.2) is 6.29 Å². The van der Waals surface area contributed by atoms with E-state index in [0.29, 0.717) is 26.2 Å². The van der Waals surface area contributed by atoms with Crippen molar-refractivity contribution in [2.75, 3.05) is 19.8 Å². The molecule has 0 aliphatic carbocycles. The summed E-state index contributed by atoms with van der Waals surface area (Å²) in [5.74, 6) is -0.0312. The van der Waals surface area contributed by atoms with Crippen LogP contribution in [0, 0.1) is 0 Å². The van der Waals surface area contributed by atoms with Gasteiger partial charge >= 0.3 is 5.97 Å². The third kappa shape index (κ3) is 3.33. The number of carbonyl (C=O) groups excluding carboxylic acids is 1. The Morgan fingerprint density at radius 3 is 2.53 bits per heavy atom. The van der Waals surface area contributed by atoms with E-state index in [1.807, 2.05) is 38.1 Å². The maximum absolute atomic E-state index is 11.3. The van der Waals surface area contributed by atoms with Gasteiger partial charge in [-0.15, -0.1) is 0 Å². The molecular formula is C15H20O4. The quantitative estimate of drug-likeness (QED) is 0.585. The molecule has 1 aromatic carbocycles. The van der Waals surface area contributed by atoms with Crippen molar-refractivity contribution in [3.63, 3.8) is 0 Å². The second-order valence-corrected chi connectivity index (χ2v) is 4.46. The Kier molecular flexibility index (Phi) is 4.93. The molecule has 0 saturated carbocycles. The minimum Gasteiger partial charge on any atom is -0.465 e. The molecule has 0 N–H and O–H groups in total. The average molecular weight is 264 g/mol. The van der Waals surface area contributed by atoms with Gasteiger partial charge in [0, 0.05) is 24.7 Å². The molecule has 0 spiro atoms. The van der Waals surface area contributed by atoms with Gasteiger partial charge in [-0.2, -0.15) is 0 Å². The van der Waals surface area contributed by atoms with Crippen LogP contribution < -0.4 is 0 Å². The Labute approximate surface area is 113 Å². The van der Waals surface area contributed by atoms with Crippen molar-refractivity contribution in [2.45, 2.75) is 32.5 Å². The average Bonchev–Trinajstić information content (AvgIpc) is 2.85. The predicted molar refractivity (Wildman–Crippen MR) is 70.8 cm³/mol. The molecule has 1 heterocycles. The van der Waals surface area contributed by atoms with Gasteiger partial charge < -0.3 is 14.2 Å². The van der Waals surface area contributed by atoms with E-state index in [1.54, 1.807) is 0 Å². The Hall–Kier alpha value is -1.39. The van der Waals surface area contributed by atoms with Crippen LogP contribution in [0.1, 0.15) is 43.6 Å². The summed E-state index contributed by atoms with van der Waals surface area (Å²) in [6.45, 7) is 5.49. The molecule has 0 bridgehead atoms. The molecule has 2 rings (SSSR count). The highest BCUT2D eigenvalue weighted by Gasteiger charge is 2.29. The third-order valence-corrected chi connectivity index (χ3v) is 3.18. The molecule has 0 aromatic heterocycles. The van der Waals surface area contributed by atoms with Crippen LogP contribution >= 0.6 is 0 Å². The maximum Gasteiger partial charge on any atom is 0.306 e. The summed E-state index contributed by atoms with van der Waals surface area (Å²) in [7, 11) is 0. The highest BCUT2D eigenvalue weighted by Crippen LogP contribution is 2.33. The van der Waals surface area contributed by atoms with Crippen LogP contribution in [0.5, 0.6) is 0 Å². The van der Waals surface area contributed by atoms with Crippen molar-refractivity contribution < 1.29 is 19.0 Å². The zero-order valence-electron chi connectivity index (χ0n) is 11.4. The fourth-order valence-electron chi connectivity index (χ4n) is 2.34. The number of carbonyl (C=O) groups is 1. The van der Waals surface area contributed by atoms with Crippen LogP contribution in [0.3, 0.4) is 0 Å². The van der Waals surface area contributed by atoms with Gasteiger partial charge in [-0.3, -0.25) is 4.79 Å². The number of benzene rings is 1. The molecule has 19 heavy (non-hydrogen) atoms. The van der Waals surface area contributed by atoms with Crippen molar-refractivity contribution in [1.82, 2.24) is 0 Å². The Bertz CT molecular complexity index is 424. The van der Waals surface area contributed by atoms with Crippen LogP contribution in [-0.2, 0) is 19.0 Å². The molecule has 1 saturated heterocycles. The lowest BCUT2D eigenvalue weighted by Gasteiger charge is -2.22. The minimum absolute atomic E-state index is 0.104. The normalized spacial score (nSPS) is 18.9. The van der Waals surface area contributed by atoms with Crippen molar-refractivity contribution in [1.29, 1.82) is 0 Å². The fourth-order valence-corrected chi connectivity index (χ4v) is 2.34. The van der Waals surface area contributed by atoms with E-state index in [4.69, 9.17) is 14.2 Å². The van der Waals surface area contributed by atoms with E-state index in [-0.39, 0.29) is 18.2 Å². The minimum atomic E-state index is -0.373. The Balaban J connectivity index is 2.25. The van der Waals surface area contributed by atoms with Crippen LogP contribution in [0.15, 0.2) is 24.3 Å². The number of ether oxygens (including phenoxy) is 3. The lowest BCUT2D eigenvalue weighted by atomic mass is 9.93. The number of hydrogen-bond donors (Lipinski definition) is 0. The van der Waals surface area contributed by atoms with Gasteiger partial charge in [-0.25, -0.2) is 0 Å². The number of rotatable bonds is 6. The zero-order valence-corrected chi connectivity index (χ0v) is 11.4. The summed E-state index contributed by atoms with van der Waals surface area (Å²) in [6.07, 6.45) is 0.0593. The summed E-state index contributed by atoms with van der Waals surface area (Å²) >= 11 is 0. The van der Waals surface area contributed by atoms with E-state index in [1.165, 1.54) is 0 Å². The standard InChI is InChI=1S/C15H20O4/c1-3-17-15(18-4-2)13-8-6-5-7-12(13)11-9-14(16)19-10-11/h5-8,11,15H,3-4,9-10H2,1-2H3. The van der Waals surface area contributed by atoms with E-state index >= 15 is 0 Å². The first kappa shape index (κ1) is 14.0. The Morgan fingerprint density at radius 1 is 1.26 bits per heavy atom. The SMILES string of the molecule is CCOC(OCC)c1ccccc1C1COC(=O)C1. The molecule has 4 heteroatoms. The fraction of sp³-hybridized carbons (Fsp3) is 0.533. The summed E-state index contributed by atoms with van der Waals surface area (Å²) < 4.78 is 16.3. The summed E-state index contributed by atoms with van der Waals surface area (Å²) in [5.41, 5.74) is 2.08. The van der Waals surface area contributed by atoms with Gasteiger partial charge in [0.05, 0.1) is 13.0 Å². The number of hydrogen-bond acceptors (Lipinski definition) is 4. The molecule has 4 nitrogen and oxygen atoms in total. The number of cyclic esters (lactones) is 1. The zero-order chi connectivity index (χ0) is 13.7. The van der Waals surface area contributed by atoms with Crippen LogP contribution in [0.2, 0.25) is 0 Å². The summed E-state index contributed by atoms with van der Waals surface area (Å²) in [6, 6.07) is 7.94. The van der Waals surface area contributed by atoms with Crippen molar-refractivity contribution in [3.8, 4) is 0 Å². The molecule has 1 aliphatic rings. The maximum atomic E-state index is 11.3. The van der Waals surface area contributed by atoms with Crippen LogP contribution in [0.25, 0.3) is 0 Å². The molecule has 1 aliphatic heterocycles. The third-order valence-electron chi connectivity index (χ3n) is 3.18. The first-order valence-electron chi connectivity index (χ1n) is 6.73. The van der Waals surface area contributed by atoms with Gasteiger partial charge in [-0.05, 0) is 19.4 Å². The van der Waals surface area contributed by atoms with Crippen molar-refractivity contribution in [2.24, 2.45) is 0 Å². The second-order valence-electron chi connectivity index (χ2n) is 4.46. The van der Waals surface area contributed by atoms with Gasteiger partial charge in [0.25, 0.3) is 0 Å². The van der Waals surface area contributed by atoms with E-state index in [9.17, 15) is 4.79 Å². The Morgan fingerprint density at radius 2 is 1.95 bits per heavy atom. The van der Waals surface area contributed by atoms with Crippen molar-refractivity contribution >= 4 is 5.97 Å². The first-order valence-corrected chi connectivity index (χ1v) is 6.73. The smallest absolute Gasteiger partial charge is 0.306 e. The number of esters is 1. The molecular weight excluding hydrogens is 244 g/mol. The van der Waals surface area contributed by atoms with Gasteiger partial charge in [0.2, 0.25) is 0 Å². The first-order chi connectivity index (χ1) is 9.26. The highest BCUT2D eigenvalue weighted by molar-refractivity contribution is 5.73. The van der Waals surface area contributed by atoms with E-state index < -0.39 is 0 Å². The van der Waals surface area contributed by atoms with Gasteiger partial charge in [-0.1, -0.05) is 24.3 Å². The molecule has 1 unspecified atom stereocenters. The molecule has 1 atom stereocenters. The largest absolute Gasteiger partial charge is 0.465 e. The van der Waals surface area contributed by atoms with Crippen molar-refractivity contribution in [3.05, 3.63) is 35.4 Å². The molecule has 104 valence electrons. The topological polar surface area (TPSA) is 44.8 Å². The van der Waals surface area contributed by atoms with E-state index in [2.05, 4.69) is 0 Å². The van der Waals surface area contributed by atoms with E-state index in [0.717, 1.165) is 11.1 Å². The van der Waals surface area contributed by atoms with Crippen LogP contribution in [0.4, 0.5) is 0 Å². The molecule has 1 fully saturated rings. The summed E-state index contributed by atoms with van der Waals surface area (Å²) in [5, 5.41) is 0. The molecule has 0 radical (unpaired) electrons. The monoisotopic (exact) mass is 264 g/mol. The molecule has 0 amide bonds. The van der Waals surface area contributed by atoms with Crippen LogP contribution in [-0.4, -0.2) is 25.8 Å². The summed E-state index contributed by atoms with van der Waals surface area (Å²) in [4.78, 5) is 11.3. The predicted octanol–water partition coefficient (Wildman–Crippen LogP) is 2.79. The van der Waals surface area contributed by atoms with Gasteiger partial charge in [0.1, 0.15) is 0 Å². The second kappa shape index (κ2) is 6.68. The highest BCUT2D eigenvalue weighted by atomic mass is 16.7. The molecule has 1 aromatic rings.